The second-order valence-electron chi connectivity index (χ2n) is 5.41. The van der Waals surface area contributed by atoms with Crippen LogP contribution < -0.4 is 0 Å². The van der Waals surface area contributed by atoms with Gasteiger partial charge in [-0.05, 0) is 29.5 Å². The normalized spacial score (nSPS) is 18.1. The largest absolute Gasteiger partial charge is 0.508 e. The predicted octanol–water partition coefficient (Wildman–Crippen LogP) is 3.55. The third-order valence-electron chi connectivity index (χ3n) is 2.69. The molecular weight excluding hydrogens is 224 g/mol. The van der Waals surface area contributed by atoms with E-state index in [1.165, 1.54) is 5.56 Å². The molecule has 2 N–H and O–H groups in total. The van der Waals surface area contributed by atoms with Gasteiger partial charge in [-0.15, -0.1) is 0 Å². The van der Waals surface area contributed by atoms with E-state index >= 15 is 0 Å². The van der Waals surface area contributed by atoms with E-state index in [2.05, 4.69) is 20.8 Å². The molecule has 0 saturated carbocycles. The Balaban J connectivity index is 0.000000199. The van der Waals surface area contributed by atoms with Crippen LogP contribution in [-0.4, -0.2) is 16.3 Å². The maximum Gasteiger partial charge on any atom is 0.115 e. The first-order valence-corrected chi connectivity index (χ1v) is 6.20. The lowest BCUT2D eigenvalue weighted by atomic mass is 9.87. The minimum absolute atomic E-state index is 0.174. The highest BCUT2D eigenvalue weighted by Crippen LogP contribution is 2.23. The van der Waals surface area contributed by atoms with Gasteiger partial charge in [0.15, 0.2) is 0 Å². The van der Waals surface area contributed by atoms with Crippen molar-refractivity contribution in [2.75, 3.05) is 0 Å². The fourth-order valence-corrected chi connectivity index (χ4v) is 1.53. The highest BCUT2D eigenvalue weighted by atomic mass is 16.3. The average Bonchev–Trinajstić information content (AvgIpc) is 2.30. The zero-order chi connectivity index (χ0) is 13.6. The minimum Gasteiger partial charge on any atom is -0.508 e. The van der Waals surface area contributed by atoms with Crippen LogP contribution in [0.2, 0.25) is 0 Å². The molecule has 1 aliphatic rings. The van der Waals surface area contributed by atoms with Crippen molar-refractivity contribution in [1.29, 1.82) is 0 Å². The van der Waals surface area contributed by atoms with E-state index in [-0.39, 0.29) is 11.5 Å². The number of benzene rings is 1. The molecule has 0 amide bonds. The minimum atomic E-state index is -0.231. The van der Waals surface area contributed by atoms with Gasteiger partial charge in [0.05, 0.1) is 6.10 Å². The summed E-state index contributed by atoms with van der Waals surface area (Å²) >= 11 is 0. The van der Waals surface area contributed by atoms with Gasteiger partial charge >= 0.3 is 0 Å². The van der Waals surface area contributed by atoms with Gasteiger partial charge in [-0.1, -0.05) is 57.2 Å². The molecule has 0 fully saturated rings. The molecular formula is C16H22O2. The van der Waals surface area contributed by atoms with E-state index in [4.69, 9.17) is 10.2 Å². The number of phenolic OH excluding ortho intramolecular Hbond substituents is 1. The van der Waals surface area contributed by atoms with Crippen molar-refractivity contribution >= 4 is 0 Å². The van der Waals surface area contributed by atoms with Crippen LogP contribution in [0.1, 0.15) is 32.8 Å². The number of phenols is 1. The summed E-state index contributed by atoms with van der Waals surface area (Å²) in [6.45, 7) is 6.46. The maximum absolute atomic E-state index is 9.02. The number of aromatic hydroxyl groups is 1. The van der Waals surface area contributed by atoms with E-state index < -0.39 is 0 Å². The number of aliphatic hydroxyl groups excluding tert-OH is 1. The Morgan fingerprint density at radius 1 is 1.06 bits per heavy atom. The molecule has 1 aliphatic carbocycles. The van der Waals surface area contributed by atoms with Gasteiger partial charge in [0.25, 0.3) is 0 Å². The third-order valence-corrected chi connectivity index (χ3v) is 2.69. The molecule has 0 heterocycles. The molecule has 0 bridgehead atoms. The maximum atomic E-state index is 9.02. The van der Waals surface area contributed by atoms with Crippen LogP contribution in [0.5, 0.6) is 5.75 Å². The van der Waals surface area contributed by atoms with E-state index in [9.17, 15) is 0 Å². The highest BCUT2D eigenvalue weighted by molar-refractivity contribution is 5.29. The van der Waals surface area contributed by atoms with Crippen molar-refractivity contribution in [2.45, 2.75) is 38.7 Å². The Hall–Kier alpha value is -1.54. The molecule has 1 atom stereocenters. The molecule has 0 aromatic heterocycles. The first kappa shape index (κ1) is 14.5. The number of hydrogen-bond donors (Lipinski definition) is 2. The summed E-state index contributed by atoms with van der Waals surface area (Å²) in [7, 11) is 0. The fourth-order valence-electron chi connectivity index (χ4n) is 1.53. The molecule has 2 rings (SSSR count). The van der Waals surface area contributed by atoms with Crippen LogP contribution in [-0.2, 0) is 5.41 Å². The SMILES string of the molecule is CC(C)(C)c1ccc(O)cc1.OC1C=CC=CC1. The van der Waals surface area contributed by atoms with Crippen LogP contribution in [0, 0.1) is 0 Å². The second kappa shape index (κ2) is 6.41. The summed E-state index contributed by atoms with van der Waals surface area (Å²) in [5.41, 5.74) is 1.42. The summed E-state index contributed by atoms with van der Waals surface area (Å²) in [6, 6.07) is 7.35. The Bertz CT molecular complexity index is 408. The van der Waals surface area contributed by atoms with Gasteiger partial charge in [0.2, 0.25) is 0 Å². The van der Waals surface area contributed by atoms with E-state index in [0.29, 0.717) is 5.75 Å². The van der Waals surface area contributed by atoms with Crippen LogP contribution in [0.3, 0.4) is 0 Å². The third kappa shape index (κ3) is 5.19. The summed E-state index contributed by atoms with van der Waals surface area (Å²) in [4.78, 5) is 0. The summed E-state index contributed by atoms with van der Waals surface area (Å²) in [5, 5.41) is 17.8. The van der Waals surface area contributed by atoms with Gasteiger partial charge in [0.1, 0.15) is 5.75 Å². The number of allylic oxidation sites excluding steroid dienone is 2. The number of aliphatic hydroxyl groups is 1. The molecule has 18 heavy (non-hydrogen) atoms. The van der Waals surface area contributed by atoms with Gasteiger partial charge in [-0.2, -0.15) is 0 Å². The molecule has 98 valence electrons. The summed E-state index contributed by atoms with van der Waals surface area (Å²) < 4.78 is 0. The van der Waals surface area contributed by atoms with E-state index in [0.717, 1.165) is 6.42 Å². The molecule has 2 heteroatoms. The lowest BCUT2D eigenvalue weighted by Crippen LogP contribution is -2.10. The molecule has 0 radical (unpaired) electrons. The van der Waals surface area contributed by atoms with Crippen LogP contribution in [0.25, 0.3) is 0 Å². The van der Waals surface area contributed by atoms with E-state index in [1.54, 1.807) is 18.2 Å². The quantitative estimate of drug-likeness (QED) is 0.735. The Kier molecular flexibility index (Phi) is 5.17. The summed E-state index contributed by atoms with van der Waals surface area (Å²) in [5.74, 6) is 0.331. The smallest absolute Gasteiger partial charge is 0.115 e. The molecule has 1 aromatic carbocycles. The van der Waals surface area contributed by atoms with Crippen molar-refractivity contribution in [1.82, 2.24) is 0 Å². The molecule has 0 aliphatic heterocycles. The summed E-state index contributed by atoms with van der Waals surface area (Å²) in [6.07, 6.45) is 8.06. The Labute approximate surface area is 109 Å². The van der Waals surface area contributed by atoms with Crippen LogP contribution >= 0.6 is 0 Å². The molecule has 1 unspecified atom stereocenters. The Morgan fingerprint density at radius 3 is 2.00 bits per heavy atom. The van der Waals surface area contributed by atoms with Gasteiger partial charge < -0.3 is 10.2 Å². The van der Waals surface area contributed by atoms with Crippen molar-refractivity contribution in [3.05, 3.63) is 54.1 Å². The second-order valence-corrected chi connectivity index (χ2v) is 5.41. The van der Waals surface area contributed by atoms with Crippen LogP contribution in [0.4, 0.5) is 0 Å². The van der Waals surface area contributed by atoms with Gasteiger partial charge in [-0.3, -0.25) is 0 Å². The van der Waals surface area contributed by atoms with Crippen molar-refractivity contribution in [2.24, 2.45) is 0 Å². The predicted molar refractivity (Wildman–Crippen MR) is 75.7 cm³/mol. The monoisotopic (exact) mass is 246 g/mol. The average molecular weight is 246 g/mol. The van der Waals surface area contributed by atoms with Crippen molar-refractivity contribution < 1.29 is 10.2 Å². The zero-order valence-electron chi connectivity index (χ0n) is 11.3. The van der Waals surface area contributed by atoms with E-state index in [1.807, 2.05) is 30.4 Å². The molecule has 2 nitrogen and oxygen atoms in total. The standard InChI is InChI=1S/C10H14O.C6H8O/c1-10(2,3)8-4-6-9(11)7-5-8;7-6-4-2-1-3-5-6/h4-7,11H,1-3H3;1-4,6-7H,5H2. The first-order chi connectivity index (χ1) is 8.39. The topological polar surface area (TPSA) is 40.5 Å². The molecule has 1 aromatic rings. The molecule has 0 saturated heterocycles. The Morgan fingerprint density at radius 2 is 1.67 bits per heavy atom. The number of hydrogen-bond acceptors (Lipinski definition) is 2. The van der Waals surface area contributed by atoms with Crippen LogP contribution in [0.15, 0.2) is 48.6 Å². The van der Waals surface area contributed by atoms with Gasteiger partial charge in [-0.25, -0.2) is 0 Å². The van der Waals surface area contributed by atoms with Crippen molar-refractivity contribution in [3.8, 4) is 5.75 Å². The van der Waals surface area contributed by atoms with Gasteiger partial charge in [0, 0.05) is 0 Å². The lowest BCUT2D eigenvalue weighted by molar-refractivity contribution is 0.225. The fraction of sp³-hybridized carbons (Fsp3) is 0.375. The number of rotatable bonds is 0. The van der Waals surface area contributed by atoms with Crippen molar-refractivity contribution in [3.63, 3.8) is 0 Å². The first-order valence-electron chi connectivity index (χ1n) is 6.20. The zero-order valence-corrected chi connectivity index (χ0v) is 11.3. The molecule has 0 spiro atoms. The lowest BCUT2D eigenvalue weighted by Gasteiger charge is -2.18. The highest BCUT2D eigenvalue weighted by Gasteiger charge is 2.12.